The van der Waals surface area contributed by atoms with E-state index >= 15 is 0 Å². The summed E-state index contributed by atoms with van der Waals surface area (Å²) in [7, 11) is -3.46. The van der Waals surface area contributed by atoms with Crippen molar-refractivity contribution in [2.24, 2.45) is 5.92 Å². The summed E-state index contributed by atoms with van der Waals surface area (Å²) in [5, 5.41) is 2.93. The Hall–Kier alpha value is -1.40. The van der Waals surface area contributed by atoms with Crippen LogP contribution in [0.4, 0.5) is 0 Å². The van der Waals surface area contributed by atoms with Crippen LogP contribution in [-0.2, 0) is 10.0 Å². The van der Waals surface area contributed by atoms with Gasteiger partial charge in [-0.25, -0.2) is 8.42 Å². The number of nitrogens with zero attached hydrogens (tertiary/aromatic N) is 1. The van der Waals surface area contributed by atoms with Gasteiger partial charge in [0.1, 0.15) is 0 Å². The second-order valence-electron chi connectivity index (χ2n) is 6.85. The predicted octanol–water partition coefficient (Wildman–Crippen LogP) is 3.03. The van der Waals surface area contributed by atoms with Crippen LogP contribution in [0.2, 0.25) is 0 Å². The number of nitrogens with one attached hydrogen (secondary N) is 1. The third kappa shape index (κ3) is 4.57. The molecule has 6 heteroatoms. The van der Waals surface area contributed by atoms with Crippen LogP contribution in [0, 0.1) is 5.92 Å². The second-order valence-corrected chi connectivity index (χ2v) is 8.79. The first-order valence-corrected chi connectivity index (χ1v) is 10.2. The number of rotatable bonds is 5. The lowest BCUT2D eigenvalue weighted by atomic mass is 10.1. The standard InChI is InChI=1S/C18H28N2O3S/c1-14(2)15(3)19-18(21)16-8-10-17(11-9-16)24(22,23)20-12-6-4-5-7-13-20/h8-11,14-15H,4-7,12-13H2,1-3H3,(H,19,21)/t15-/m1/s1. The molecule has 1 aromatic rings. The first-order valence-electron chi connectivity index (χ1n) is 8.73. The molecular formula is C18H28N2O3S. The minimum atomic E-state index is -3.46. The van der Waals surface area contributed by atoms with Crippen LogP contribution < -0.4 is 5.32 Å². The number of sulfonamides is 1. The molecule has 1 saturated heterocycles. The minimum Gasteiger partial charge on any atom is -0.349 e. The fourth-order valence-electron chi connectivity index (χ4n) is 2.67. The number of hydrogen-bond donors (Lipinski definition) is 1. The van der Waals surface area contributed by atoms with Crippen molar-refractivity contribution in [2.45, 2.75) is 57.4 Å². The molecule has 0 bridgehead atoms. The van der Waals surface area contributed by atoms with Gasteiger partial charge in [-0.15, -0.1) is 0 Å². The zero-order chi connectivity index (χ0) is 17.7. The Kier molecular flexibility index (Phi) is 6.40. The Balaban J connectivity index is 2.11. The van der Waals surface area contributed by atoms with Gasteiger partial charge in [0.05, 0.1) is 4.90 Å². The maximum absolute atomic E-state index is 12.7. The fraction of sp³-hybridized carbons (Fsp3) is 0.611. The van der Waals surface area contributed by atoms with Crippen LogP contribution in [0.15, 0.2) is 29.2 Å². The summed E-state index contributed by atoms with van der Waals surface area (Å²) < 4.78 is 27.0. The topological polar surface area (TPSA) is 66.5 Å². The van der Waals surface area contributed by atoms with Crippen LogP contribution in [0.5, 0.6) is 0 Å². The van der Waals surface area contributed by atoms with Crippen molar-refractivity contribution in [1.82, 2.24) is 9.62 Å². The van der Waals surface area contributed by atoms with Crippen molar-refractivity contribution in [1.29, 1.82) is 0 Å². The van der Waals surface area contributed by atoms with Gasteiger partial charge in [-0.3, -0.25) is 4.79 Å². The second kappa shape index (κ2) is 8.12. The van der Waals surface area contributed by atoms with E-state index in [9.17, 15) is 13.2 Å². The number of amides is 1. The fourth-order valence-corrected chi connectivity index (χ4v) is 4.18. The average Bonchev–Trinajstić information content (AvgIpc) is 2.84. The van der Waals surface area contributed by atoms with Gasteiger partial charge in [0, 0.05) is 24.7 Å². The van der Waals surface area contributed by atoms with E-state index in [1.165, 1.54) is 12.1 Å². The molecule has 0 aromatic heterocycles. The van der Waals surface area contributed by atoms with Crippen LogP contribution in [0.25, 0.3) is 0 Å². The zero-order valence-corrected chi connectivity index (χ0v) is 15.6. The van der Waals surface area contributed by atoms with E-state index in [0.717, 1.165) is 25.7 Å². The first-order chi connectivity index (χ1) is 11.3. The van der Waals surface area contributed by atoms with Gasteiger partial charge in [0.2, 0.25) is 10.0 Å². The van der Waals surface area contributed by atoms with Crippen LogP contribution in [0.3, 0.4) is 0 Å². The molecule has 1 aromatic carbocycles. The molecule has 0 spiro atoms. The van der Waals surface area contributed by atoms with E-state index in [1.54, 1.807) is 16.4 Å². The van der Waals surface area contributed by atoms with Gasteiger partial charge in [0.25, 0.3) is 5.91 Å². The summed E-state index contributed by atoms with van der Waals surface area (Å²) >= 11 is 0. The molecule has 134 valence electrons. The van der Waals surface area contributed by atoms with E-state index in [-0.39, 0.29) is 16.8 Å². The summed E-state index contributed by atoms with van der Waals surface area (Å²) in [4.78, 5) is 12.5. The Morgan fingerprint density at radius 1 is 1.00 bits per heavy atom. The molecule has 0 aliphatic carbocycles. The highest BCUT2D eigenvalue weighted by Crippen LogP contribution is 2.20. The van der Waals surface area contributed by atoms with Crippen LogP contribution >= 0.6 is 0 Å². The third-order valence-corrected chi connectivity index (χ3v) is 6.59. The quantitative estimate of drug-likeness (QED) is 0.886. The lowest BCUT2D eigenvalue weighted by Crippen LogP contribution is -2.36. The maximum Gasteiger partial charge on any atom is 0.251 e. The Morgan fingerprint density at radius 2 is 1.54 bits per heavy atom. The van der Waals surface area contributed by atoms with E-state index in [0.29, 0.717) is 24.6 Å². The molecule has 1 heterocycles. The Labute approximate surface area is 145 Å². The SMILES string of the molecule is CC(C)[C@@H](C)NC(=O)c1ccc(S(=O)(=O)N2CCCCCC2)cc1. The molecular weight excluding hydrogens is 324 g/mol. The molecule has 5 nitrogen and oxygen atoms in total. The third-order valence-electron chi connectivity index (χ3n) is 4.68. The summed E-state index contributed by atoms with van der Waals surface area (Å²) in [6.07, 6.45) is 3.98. The van der Waals surface area contributed by atoms with E-state index < -0.39 is 10.0 Å². The van der Waals surface area contributed by atoms with E-state index in [1.807, 2.05) is 20.8 Å². The van der Waals surface area contributed by atoms with E-state index in [4.69, 9.17) is 0 Å². The maximum atomic E-state index is 12.7. The van der Waals surface area contributed by atoms with Crippen LogP contribution in [-0.4, -0.2) is 37.8 Å². The minimum absolute atomic E-state index is 0.0676. The van der Waals surface area contributed by atoms with Crippen molar-refractivity contribution in [3.05, 3.63) is 29.8 Å². The molecule has 0 unspecified atom stereocenters. The summed E-state index contributed by atoms with van der Waals surface area (Å²) in [6, 6.07) is 6.32. The molecule has 24 heavy (non-hydrogen) atoms. The lowest BCUT2D eigenvalue weighted by Gasteiger charge is -2.20. The molecule has 1 fully saturated rings. The van der Waals surface area contributed by atoms with Gasteiger partial charge in [-0.1, -0.05) is 26.7 Å². The molecule has 1 aliphatic rings. The van der Waals surface area contributed by atoms with E-state index in [2.05, 4.69) is 5.32 Å². The van der Waals surface area contributed by atoms with Crippen molar-refractivity contribution in [3.8, 4) is 0 Å². The summed E-state index contributed by atoms with van der Waals surface area (Å²) in [6.45, 7) is 7.21. The Morgan fingerprint density at radius 3 is 2.04 bits per heavy atom. The first kappa shape index (κ1) is 18.9. The van der Waals surface area contributed by atoms with Gasteiger partial charge in [0.15, 0.2) is 0 Å². The molecule has 0 saturated carbocycles. The number of hydrogen-bond acceptors (Lipinski definition) is 3. The highest BCUT2D eigenvalue weighted by Gasteiger charge is 2.25. The normalized spacial score (nSPS) is 18.2. The molecule has 1 N–H and O–H groups in total. The van der Waals surface area contributed by atoms with Crippen LogP contribution in [0.1, 0.15) is 56.8 Å². The summed E-state index contributed by atoms with van der Waals surface area (Å²) in [5.74, 6) is 0.173. The molecule has 1 aliphatic heterocycles. The molecule has 1 atom stereocenters. The molecule has 2 rings (SSSR count). The van der Waals surface area contributed by atoms with Gasteiger partial charge in [-0.05, 0) is 49.9 Å². The van der Waals surface area contributed by atoms with Crippen molar-refractivity contribution >= 4 is 15.9 Å². The molecule has 1 amide bonds. The van der Waals surface area contributed by atoms with Crippen molar-refractivity contribution in [3.63, 3.8) is 0 Å². The van der Waals surface area contributed by atoms with Gasteiger partial charge in [-0.2, -0.15) is 4.31 Å². The lowest BCUT2D eigenvalue weighted by molar-refractivity contribution is 0.0930. The number of carbonyl (C=O) groups is 1. The zero-order valence-electron chi connectivity index (χ0n) is 14.8. The largest absolute Gasteiger partial charge is 0.349 e. The number of carbonyl (C=O) groups excluding carboxylic acids is 1. The highest BCUT2D eigenvalue weighted by atomic mass is 32.2. The van der Waals surface area contributed by atoms with Gasteiger partial charge < -0.3 is 5.32 Å². The predicted molar refractivity (Wildman–Crippen MR) is 95.4 cm³/mol. The monoisotopic (exact) mass is 352 g/mol. The Bertz CT molecular complexity index is 645. The highest BCUT2D eigenvalue weighted by molar-refractivity contribution is 7.89. The van der Waals surface area contributed by atoms with Crippen molar-refractivity contribution < 1.29 is 13.2 Å². The smallest absolute Gasteiger partial charge is 0.251 e. The average molecular weight is 353 g/mol. The number of benzene rings is 1. The van der Waals surface area contributed by atoms with Crippen molar-refractivity contribution in [2.75, 3.05) is 13.1 Å². The molecule has 0 radical (unpaired) electrons. The summed E-state index contributed by atoms with van der Waals surface area (Å²) in [5.41, 5.74) is 0.484. The van der Waals surface area contributed by atoms with Gasteiger partial charge >= 0.3 is 0 Å².